The van der Waals surface area contributed by atoms with Gasteiger partial charge in [0.25, 0.3) is 0 Å². The van der Waals surface area contributed by atoms with Crippen molar-refractivity contribution in [1.29, 1.82) is 0 Å². The lowest BCUT2D eigenvalue weighted by atomic mass is 9.93. The Kier molecular flexibility index (Phi) is 5.09. The molecule has 0 spiro atoms. The molecule has 1 saturated heterocycles. The molecule has 1 aromatic carbocycles. The topological polar surface area (TPSA) is 76.1 Å². The zero-order valence-electron chi connectivity index (χ0n) is 15.6. The van der Waals surface area contributed by atoms with Crippen LogP contribution in [0.4, 0.5) is 21.0 Å². The van der Waals surface area contributed by atoms with Crippen molar-refractivity contribution in [3.63, 3.8) is 0 Å². The highest BCUT2D eigenvalue weighted by molar-refractivity contribution is 5.97. The van der Waals surface area contributed by atoms with Crippen molar-refractivity contribution in [3.05, 3.63) is 24.3 Å². The molecular formula is C20H28N4O3. The highest BCUT2D eigenvalue weighted by Crippen LogP contribution is 2.37. The molecule has 4 rings (SSSR count). The molecule has 1 aliphatic carbocycles. The first-order valence-corrected chi connectivity index (χ1v) is 10.0. The molecule has 0 bridgehead atoms. The number of fused-ring (bicyclic) bond motifs is 1. The van der Waals surface area contributed by atoms with Gasteiger partial charge in [0.15, 0.2) is 0 Å². The Labute approximate surface area is 159 Å². The fraction of sp³-hybridized carbons (Fsp3) is 0.600. The Hall–Kier alpha value is -2.44. The normalized spacial score (nSPS) is 23.3. The molecule has 2 heterocycles. The molecule has 7 nitrogen and oxygen atoms in total. The van der Waals surface area contributed by atoms with Crippen LogP contribution in [0.3, 0.4) is 0 Å². The van der Waals surface area contributed by atoms with Gasteiger partial charge in [-0.05, 0) is 31.4 Å². The first-order valence-electron chi connectivity index (χ1n) is 10.0. The highest BCUT2D eigenvalue weighted by atomic mass is 16.4. The maximum absolute atomic E-state index is 12.9. The minimum Gasteiger partial charge on any atom is -0.465 e. The van der Waals surface area contributed by atoms with Crippen molar-refractivity contribution < 1.29 is 14.7 Å². The zero-order chi connectivity index (χ0) is 18.8. The van der Waals surface area contributed by atoms with E-state index >= 15 is 0 Å². The molecule has 2 aliphatic heterocycles. The second-order valence-electron chi connectivity index (χ2n) is 7.79. The fourth-order valence-electron chi connectivity index (χ4n) is 4.67. The number of urea groups is 1. The molecule has 1 aromatic rings. The molecule has 0 aromatic heterocycles. The minimum absolute atomic E-state index is 0.114. The lowest BCUT2D eigenvalue weighted by Crippen LogP contribution is -2.53. The van der Waals surface area contributed by atoms with Crippen molar-refractivity contribution in [2.24, 2.45) is 0 Å². The SMILES string of the molecule is O=C(O)N1CC[C@@H](NC(=O)N2CCN(C3CCCCC3)c3ccccc32)C1. The molecule has 2 fully saturated rings. The van der Waals surface area contributed by atoms with Crippen LogP contribution >= 0.6 is 0 Å². The number of anilines is 2. The fourth-order valence-corrected chi connectivity index (χ4v) is 4.67. The van der Waals surface area contributed by atoms with E-state index < -0.39 is 6.09 Å². The Morgan fingerprint density at radius 1 is 0.963 bits per heavy atom. The van der Waals surface area contributed by atoms with E-state index in [9.17, 15) is 9.59 Å². The Morgan fingerprint density at radius 3 is 2.41 bits per heavy atom. The van der Waals surface area contributed by atoms with Crippen molar-refractivity contribution in [2.45, 2.75) is 50.6 Å². The van der Waals surface area contributed by atoms with Gasteiger partial charge in [0, 0.05) is 38.3 Å². The lowest BCUT2D eigenvalue weighted by Gasteiger charge is -2.43. The number of carbonyl (C=O) groups excluding carboxylic acids is 1. The van der Waals surface area contributed by atoms with Gasteiger partial charge < -0.3 is 20.2 Å². The summed E-state index contributed by atoms with van der Waals surface area (Å²) in [6.45, 7) is 2.35. The number of carbonyl (C=O) groups is 2. The summed E-state index contributed by atoms with van der Waals surface area (Å²) < 4.78 is 0. The maximum Gasteiger partial charge on any atom is 0.407 e. The standard InChI is InChI=1S/C20H28N4O3/c25-19(21-15-10-11-22(14-15)20(26)27)24-13-12-23(16-6-2-1-3-7-16)17-8-4-5-9-18(17)24/h4-5,8-9,15-16H,1-3,6-7,10-14H2,(H,21,25)(H,26,27)/t15-/m1/s1. The second-order valence-corrected chi connectivity index (χ2v) is 7.79. The smallest absolute Gasteiger partial charge is 0.407 e. The minimum atomic E-state index is -0.918. The predicted molar refractivity (Wildman–Crippen MR) is 105 cm³/mol. The average molecular weight is 372 g/mol. The van der Waals surface area contributed by atoms with E-state index in [0.29, 0.717) is 32.1 Å². The molecule has 3 aliphatic rings. The molecule has 146 valence electrons. The lowest BCUT2D eigenvalue weighted by molar-refractivity contribution is 0.154. The van der Waals surface area contributed by atoms with Crippen LogP contribution in [0, 0.1) is 0 Å². The summed E-state index contributed by atoms with van der Waals surface area (Å²) in [5.41, 5.74) is 2.10. The van der Waals surface area contributed by atoms with Crippen LogP contribution in [0.15, 0.2) is 24.3 Å². The van der Waals surface area contributed by atoms with Gasteiger partial charge in [-0.3, -0.25) is 4.90 Å². The van der Waals surface area contributed by atoms with Gasteiger partial charge >= 0.3 is 12.1 Å². The van der Waals surface area contributed by atoms with E-state index in [1.807, 2.05) is 23.1 Å². The molecule has 0 unspecified atom stereocenters. The Morgan fingerprint density at radius 2 is 1.70 bits per heavy atom. The molecule has 2 N–H and O–H groups in total. The molecule has 1 saturated carbocycles. The quantitative estimate of drug-likeness (QED) is 0.836. The largest absolute Gasteiger partial charge is 0.465 e. The number of hydrogen-bond donors (Lipinski definition) is 2. The maximum atomic E-state index is 12.9. The van der Waals surface area contributed by atoms with Crippen LogP contribution < -0.4 is 15.1 Å². The molecule has 0 radical (unpaired) electrons. The van der Waals surface area contributed by atoms with Gasteiger partial charge in [-0.15, -0.1) is 0 Å². The van der Waals surface area contributed by atoms with Crippen molar-refractivity contribution in [3.8, 4) is 0 Å². The number of nitrogens with one attached hydrogen (secondary N) is 1. The van der Waals surface area contributed by atoms with Gasteiger partial charge in [-0.1, -0.05) is 31.4 Å². The summed E-state index contributed by atoms with van der Waals surface area (Å²) in [7, 11) is 0. The van der Waals surface area contributed by atoms with Crippen LogP contribution in [0.1, 0.15) is 38.5 Å². The monoisotopic (exact) mass is 372 g/mol. The van der Waals surface area contributed by atoms with Gasteiger partial charge in [0.05, 0.1) is 11.4 Å². The third-order valence-electron chi connectivity index (χ3n) is 6.09. The van der Waals surface area contributed by atoms with Gasteiger partial charge in [-0.2, -0.15) is 0 Å². The summed E-state index contributed by atoms with van der Waals surface area (Å²) in [4.78, 5) is 29.7. The molecule has 1 atom stereocenters. The van der Waals surface area contributed by atoms with Crippen LogP contribution in [0.5, 0.6) is 0 Å². The number of amides is 3. The molecule has 27 heavy (non-hydrogen) atoms. The van der Waals surface area contributed by atoms with Crippen LogP contribution in [0.2, 0.25) is 0 Å². The van der Waals surface area contributed by atoms with Gasteiger partial charge in [-0.25, -0.2) is 9.59 Å². The third-order valence-corrected chi connectivity index (χ3v) is 6.09. The molecule has 3 amide bonds. The Balaban J connectivity index is 1.47. The van der Waals surface area contributed by atoms with Crippen LogP contribution in [0.25, 0.3) is 0 Å². The first kappa shape index (κ1) is 17.9. The van der Waals surface area contributed by atoms with Crippen LogP contribution in [-0.2, 0) is 0 Å². The molecule has 7 heteroatoms. The third kappa shape index (κ3) is 3.68. The van der Waals surface area contributed by atoms with Crippen molar-refractivity contribution >= 4 is 23.5 Å². The number of carboxylic acid groups (broad SMARTS) is 1. The summed E-state index contributed by atoms with van der Waals surface area (Å²) in [5.74, 6) is 0. The van der Waals surface area contributed by atoms with E-state index in [2.05, 4.69) is 16.3 Å². The van der Waals surface area contributed by atoms with Crippen molar-refractivity contribution in [2.75, 3.05) is 36.0 Å². The number of benzene rings is 1. The summed E-state index contributed by atoms with van der Waals surface area (Å²) in [5, 5.41) is 12.1. The van der Waals surface area contributed by atoms with E-state index in [1.165, 1.54) is 37.0 Å². The number of hydrogen-bond acceptors (Lipinski definition) is 3. The number of para-hydroxylation sites is 2. The summed E-state index contributed by atoms with van der Waals surface area (Å²) >= 11 is 0. The molecular weight excluding hydrogens is 344 g/mol. The second kappa shape index (κ2) is 7.66. The van der Waals surface area contributed by atoms with E-state index in [0.717, 1.165) is 17.9 Å². The average Bonchev–Trinajstić information content (AvgIpc) is 3.16. The number of likely N-dealkylation sites (tertiary alicyclic amines) is 1. The summed E-state index contributed by atoms with van der Waals surface area (Å²) in [6, 6.07) is 8.49. The van der Waals surface area contributed by atoms with Crippen LogP contribution in [-0.4, -0.2) is 60.4 Å². The number of nitrogens with zero attached hydrogens (tertiary/aromatic N) is 3. The van der Waals surface area contributed by atoms with Crippen molar-refractivity contribution in [1.82, 2.24) is 10.2 Å². The zero-order valence-corrected chi connectivity index (χ0v) is 15.6. The van der Waals surface area contributed by atoms with E-state index in [1.54, 1.807) is 0 Å². The van der Waals surface area contributed by atoms with Gasteiger partial charge in [0.2, 0.25) is 0 Å². The van der Waals surface area contributed by atoms with E-state index in [4.69, 9.17) is 5.11 Å². The van der Waals surface area contributed by atoms with E-state index in [-0.39, 0.29) is 12.1 Å². The van der Waals surface area contributed by atoms with Gasteiger partial charge in [0.1, 0.15) is 0 Å². The Bertz CT molecular complexity index is 704. The highest BCUT2D eigenvalue weighted by Gasteiger charge is 2.33. The number of rotatable bonds is 2. The summed E-state index contributed by atoms with van der Waals surface area (Å²) in [6.07, 6.45) is 6.11. The first-order chi connectivity index (χ1) is 13.1. The predicted octanol–water partition coefficient (Wildman–Crippen LogP) is 3.11.